The summed E-state index contributed by atoms with van der Waals surface area (Å²) < 4.78 is 29.6. The topological polar surface area (TPSA) is 112 Å². The molecule has 2 N–H and O–H groups in total. The first kappa shape index (κ1) is 14.0. The molecule has 0 unspecified atom stereocenters. The van der Waals surface area contributed by atoms with Gasteiger partial charge in [-0.05, 0) is 6.42 Å². The summed E-state index contributed by atoms with van der Waals surface area (Å²) in [6, 6.07) is 0. The molecule has 10 heteroatoms. The Kier molecular flexibility index (Phi) is 3.21. The molecule has 0 bridgehead atoms. The molecule has 0 aliphatic carbocycles. The average Bonchev–Trinajstić information content (AvgIpc) is 3.07. The zero-order chi connectivity index (χ0) is 15.2. The molecule has 1 aliphatic heterocycles. The second-order valence-corrected chi connectivity index (χ2v) is 7.11. The van der Waals surface area contributed by atoms with Crippen LogP contribution in [0.15, 0.2) is 11.1 Å². The van der Waals surface area contributed by atoms with Crippen LogP contribution >= 0.6 is 0 Å². The van der Waals surface area contributed by atoms with Gasteiger partial charge in [-0.3, -0.25) is 4.68 Å². The standard InChI is InChI=1S/C11H17N7O2S/c1-16-6-8(11(12)15-16)21(19,20)17(2)7-10-14-13-9-4-3-5-18(9)10/h6H,3-5,7H2,1-2H3,(H2,12,15). The van der Waals surface area contributed by atoms with E-state index in [0.717, 1.165) is 25.2 Å². The van der Waals surface area contributed by atoms with Crippen molar-refractivity contribution in [2.75, 3.05) is 12.8 Å². The van der Waals surface area contributed by atoms with E-state index in [9.17, 15) is 8.42 Å². The highest BCUT2D eigenvalue weighted by Gasteiger charge is 2.28. The zero-order valence-electron chi connectivity index (χ0n) is 11.9. The van der Waals surface area contributed by atoms with Gasteiger partial charge in [0.05, 0.1) is 6.54 Å². The van der Waals surface area contributed by atoms with E-state index in [0.29, 0.717) is 5.82 Å². The molecule has 0 aromatic carbocycles. The molecule has 3 rings (SSSR count). The van der Waals surface area contributed by atoms with Crippen LogP contribution in [0.4, 0.5) is 5.82 Å². The van der Waals surface area contributed by atoms with Crippen LogP contribution in [0.1, 0.15) is 18.1 Å². The van der Waals surface area contributed by atoms with Crippen molar-refractivity contribution in [3.8, 4) is 0 Å². The second-order valence-electron chi connectivity index (χ2n) is 5.10. The molecule has 0 radical (unpaired) electrons. The first-order chi connectivity index (χ1) is 9.89. The van der Waals surface area contributed by atoms with E-state index in [2.05, 4.69) is 15.3 Å². The van der Waals surface area contributed by atoms with Crippen molar-refractivity contribution in [3.05, 3.63) is 17.8 Å². The van der Waals surface area contributed by atoms with Gasteiger partial charge in [-0.25, -0.2) is 8.42 Å². The van der Waals surface area contributed by atoms with Crippen LogP contribution in [0.2, 0.25) is 0 Å². The highest BCUT2D eigenvalue weighted by atomic mass is 32.2. The van der Waals surface area contributed by atoms with Gasteiger partial charge in [-0.2, -0.15) is 9.40 Å². The molecule has 21 heavy (non-hydrogen) atoms. The average molecular weight is 311 g/mol. The van der Waals surface area contributed by atoms with E-state index in [1.165, 1.54) is 22.2 Å². The monoisotopic (exact) mass is 311 g/mol. The molecule has 3 heterocycles. The summed E-state index contributed by atoms with van der Waals surface area (Å²) in [4.78, 5) is 0.00802. The van der Waals surface area contributed by atoms with Crippen molar-refractivity contribution in [2.24, 2.45) is 7.05 Å². The van der Waals surface area contributed by atoms with E-state index >= 15 is 0 Å². The second kappa shape index (κ2) is 4.81. The lowest BCUT2D eigenvalue weighted by Gasteiger charge is -2.16. The maximum absolute atomic E-state index is 12.5. The minimum Gasteiger partial charge on any atom is -0.381 e. The molecule has 0 saturated carbocycles. The van der Waals surface area contributed by atoms with Gasteiger partial charge in [0.25, 0.3) is 0 Å². The molecular formula is C11H17N7O2S. The Bertz CT molecular complexity index is 777. The minimum absolute atomic E-state index is 0.00387. The fourth-order valence-electron chi connectivity index (χ4n) is 2.46. The maximum atomic E-state index is 12.5. The number of hydrogen-bond acceptors (Lipinski definition) is 6. The third-order valence-corrected chi connectivity index (χ3v) is 5.38. The van der Waals surface area contributed by atoms with Crippen LogP contribution in [0.3, 0.4) is 0 Å². The Morgan fingerprint density at radius 2 is 2.19 bits per heavy atom. The van der Waals surface area contributed by atoms with Crippen LogP contribution in [0.25, 0.3) is 0 Å². The van der Waals surface area contributed by atoms with Gasteiger partial charge in [0.1, 0.15) is 16.5 Å². The van der Waals surface area contributed by atoms with Crippen LogP contribution < -0.4 is 5.73 Å². The Morgan fingerprint density at radius 3 is 2.86 bits per heavy atom. The van der Waals surface area contributed by atoms with Gasteiger partial charge in [-0.1, -0.05) is 0 Å². The van der Waals surface area contributed by atoms with Gasteiger partial charge in [0.15, 0.2) is 5.82 Å². The molecule has 0 atom stereocenters. The van der Waals surface area contributed by atoms with Crippen molar-refractivity contribution >= 4 is 15.8 Å². The number of rotatable bonds is 4. The van der Waals surface area contributed by atoms with E-state index in [1.54, 1.807) is 7.05 Å². The minimum atomic E-state index is -3.70. The fraction of sp³-hybridized carbons (Fsp3) is 0.545. The van der Waals surface area contributed by atoms with E-state index in [4.69, 9.17) is 5.73 Å². The smallest absolute Gasteiger partial charge is 0.248 e. The summed E-state index contributed by atoms with van der Waals surface area (Å²) in [6.45, 7) is 0.990. The van der Waals surface area contributed by atoms with Crippen molar-refractivity contribution in [1.29, 1.82) is 0 Å². The number of hydrogen-bond donors (Lipinski definition) is 1. The van der Waals surface area contributed by atoms with Crippen molar-refractivity contribution in [2.45, 2.75) is 30.8 Å². The number of sulfonamides is 1. The Morgan fingerprint density at radius 1 is 1.43 bits per heavy atom. The van der Waals surface area contributed by atoms with Crippen LogP contribution in [-0.2, 0) is 36.6 Å². The lowest BCUT2D eigenvalue weighted by atomic mass is 10.4. The van der Waals surface area contributed by atoms with Crippen LogP contribution in [-0.4, -0.2) is 44.3 Å². The predicted octanol–water partition coefficient (Wildman–Crippen LogP) is -0.639. The lowest BCUT2D eigenvalue weighted by molar-refractivity contribution is 0.447. The largest absolute Gasteiger partial charge is 0.381 e. The zero-order valence-corrected chi connectivity index (χ0v) is 12.7. The van der Waals surface area contributed by atoms with Crippen molar-refractivity contribution in [3.63, 3.8) is 0 Å². The van der Waals surface area contributed by atoms with E-state index < -0.39 is 10.0 Å². The number of aromatic nitrogens is 5. The molecule has 114 valence electrons. The van der Waals surface area contributed by atoms with E-state index in [-0.39, 0.29) is 17.3 Å². The quantitative estimate of drug-likeness (QED) is 0.804. The molecule has 0 spiro atoms. The molecule has 2 aromatic heterocycles. The first-order valence-corrected chi connectivity index (χ1v) is 8.00. The summed E-state index contributed by atoms with van der Waals surface area (Å²) in [5.74, 6) is 1.56. The summed E-state index contributed by atoms with van der Waals surface area (Å²) in [6.07, 6.45) is 3.30. The summed E-state index contributed by atoms with van der Waals surface area (Å²) in [5, 5.41) is 12.0. The highest BCUT2D eigenvalue weighted by molar-refractivity contribution is 7.89. The number of nitrogens with zero attached hydrogens (tertiary/aromatic N) is 6. The third-order valence-electron chi connectivity index (χ3n) is 3.56. The molecule has 0 saturated heterocycles. The SMILES string of the molecule is CN(Cc1nnc2n1CCC2)S(=O)(=O)c1cn(C)nc1N. The molecule has 9 nitrogen and oxygen atoms in total. The lowest BCUT2D eigenvalue weighted by Crippen LogP contribution is -2.28. The number of anilines is 1. The summed E-state index contributed by atoms with van der Waals surface area (Å²) in [5.41, 5.74) is 5.66. The number of aryl methyl sites for hydroxylation is 2. The van der Waals surface area contributed by atoms with Gasteiger partial charge >= 0.3 is 0 Å². The first-order valence-electron chi connectivity index (χ1n) is 6.56. The number of nitrogens with two attached hydrogens (primary N) is 1. The molecule has 2 aromatic rings. The van der Waals surface area contributed by atoms with Gasteiger partial charge < -0.3 is 10.3 Å². The van der Waals surface area contributed by atoms with Crippen LogP contribution in [0, 0.1) is 0 Å². The fourth-order valence-corrected chi connectivity index (χ4v) is 3.67. The van der Waals surface area contributed by atoms with Gasteiger partial charge in [-0.15, -0.1) is 10.2 Å². The molecular weight excluding hydrogens is 294 g/mol. The Hall–Kier alpha value is -1.94. The number of fused-ring (bicyclic) bond motifs is 1. The summed E-state index contributed by atoms with van der Waals surface area (Å²) in [7, 11) is -0.574. The number of nitrogen functional groups attached to an aromatic ring is 1. The van der Waals surface area contributed by atoms with Crippen molar-refractivity contribution in [1.82, 2.24) is 28.9 Å². The maximum Gasteiger partial charge on any atom is 0.248 e. The Balaban J connectivity index is 1.87. The predicted molar refractivity (Wildman–Crippen MR) is 74.6 cm³/mol. The van der Waals surface area contributed by atoms with Crippen molar-refractivity contribution < 1.29 is 8.42 Å². The Labute approximate surface area is 122 Å². The molecule has 0 amide bonds. The summed E-state index contributed by atoms with van der Waals surface area (Å²) >= 11 is 0. The molecule has 1 aliphatic rings. The normalized spacial score (nSPS) is 14.8. The van der Waals surface area contributed by atoms with Gasteiger partial charge in [0, 0.05) is 33.3 Å². The molecule has 0 fully saturated rings. The van der Waals surface area contributed by atoms with E-state index in [1.807, 2.05) is 4.57 Å². The highest BCUT2D eigenvalue weighted by Crippen LogP contribution is 2.22. The van der Waals surface area contributed by atoms with Gasteiger partial charge in [0.2, 0.25) is 10.0 Å². The third kappa shape index (κ3) is 2.29. The van der Waals surface area contributed by atoms with Crippen LogP contribution in [0.5, 0.6) is 0 Å².